The number of Topliss-reactive ketones (excluding diaryl/α,β-unsaturated/α-hetero) is 1. The largest absolute Gasteiger partial charge is 0.496 e. The maximum Gasteiger partial charge on any atom is 0.151 e. The third-order valence-corrected chi connectivity index (χ3v) is 3.63. The van der Waals surface area contributed by atoms with Gasteiger partial charge in [0.25, 0.3) is 0 Å². The van der Waals surface area contributed by atoms with Crippen LogP contribution in [0.3, 0.4) is 0 Å². The Bertz CT molecular complexity index is 455. The summed E-state index contributed by atoms with van der Waals surface area (Å²) >= 11 is 0. The van der Waals surface area contributed by atoms with E-state index in [1.165, 1.54) is 18.6 Å². The van der Waals surface area contributed by atoms with Gasteiger partial charge in [0.15, 0.2) is 5.78 Å². The molecule has 4 heteroatoms. The Hall–Kier alpha value is -1.42. The number of hydrogen-bond donors (Lipinski definition) is 0. The molecule has 19 heavy (non-hydrogen) atoms. The molecule has 0 amide bonds. The average molecular weight is 265 g/mol. The molecule has 0 aliphatic carbocycles. The molecular weight excluding hydrogens is 245 g/mol. The second-order valence-corrected chi connectivity index (χ2v) is 5.00. The van der Waals surface area contributed by atoms with Crippen LogP contribution in [0.1, 0.15) is 37.8 Å². The van der Waals surface area contributed by atoms with Gasteiger partial charge in [-0.3, -0.25) is 9.69 Å². The molecule has 1 aromatic rings. The van der Waals surface area contributed by atoms with Gasteiger partial charge in [-0.2, -0.15) is 0 Å². The average Bonchev–Trinajstić information content (AvgIpc) is 2.40. The van der Waals surface area contributed by atoms with Crippen molar-refractivity contribution in [2.24, 2.45) is 0 Å². The first-order valence-corrected chi connectivity index (χ1v) is 6.71. The van der Waals surface area contributed by atoms with Crippen molar-refractivity contribution in [3.63, 3.8) is 0 Å². The first kappa shape index (κ1) is 14.0. The minimum Gasteiger partial charge on any atom is -0.496 e. The van der Waals surface area contributed by atoms with Crippen molar-refractivity contribution in [3.05, 3.63) is 29.6 Å². The normalized spacial score (nSPS) is 18.1. The second kappa shape index (κ2) is 6.15. The molecule has 1 heterocycles. The molecule has 1 fully saturated rings. The summed E-state index contributed by atoms with van der Waals surface area (Å²) in [6, 6.07) is 3.96. The fourth-order valence-corrected chi connectivity index (χ4v) is 2.77. The minimum atomic E-state index is -0.397. The van der Waals surface area contributed by atoms with Crippen LogP contribution in [0.5, 0.6) is 5.75 Å². The number of likely N-dealkylation sites (tertiary alicyclic amines) is 1. The summed E-state index contributed by atoms with van der Waals surface area (Å²) in [7, 11) is 1.55. The maximum absolute atomic E-state index is 13.5. The molecule has 0 radical (unpaired) electrons. The monoisotopic (exact) mass is 265 g/mol. The Morgan fingerprint density at radius 3 is 2.58 bits per heavy atom. The van der Waals surface area contributed by atoms with E-state index in [1.54, 1.807) is 20.1 Å². The van der Waals surface area contributed by atoms with Gasteiger partial charge >= 0.3 is 0 Å². The van der Waals surface area contributed by atoms with Crippen molar-refractivity contribution in [2.75, 3.05) is 20.2 Å². The fraction of sp³-hybridized carbons (Fsp3) is 0.533. The van der Waals surface area contributed by atoms with Gasteiger partial charge in [0.05, 0.1) is 13.2 Å². The molecule has 0 aromatic heterocycles. The SMILES string of the molecule is COc1ccc(F)cc1C(C(C)=O)N1CCCCC1. The smallest absolute Gasteiger partial charge is 0.151 e. The van der Waals surface area contributed by atoms with Crippen molar-refractivity contribution in [1.29, 1.82) is 0 Å². The maximum atomic E-state index is 13.5. The summed E-state index contributed by atoms with van der Waals surface area (Å²) in [5.74, 6) is 0.275. The number of rotatable bonds is 4. The Labute approximate surface area is 113 Å². The lowest BCUT2D eigenvalue weighted by molar-refractivity contribution is -0.122. The lowest BCUT2D eigenvalue weighted by Gasteiger charge is -2.33. The van der Waals surface area contributed by atoms with E-state index in [4.69, 9.17) is 4.74 Å². The molecule has 0 bridgehead atoms. The van der Waals surface area contributed by atoms with Crippen LogP contribution < -0.4 is 4.74 Å². The highest BCUT2D eigenvalue weighted by Gasteiger charge is 2.28. The van der Waals surface area contributed by atoms with Crippen LogP contribution >= 0.6 is 0 Å². The van der Waals surface area contributed by atoms with Gasteiger partial charge in [0.1, 0.15) is 11.6 Å². The number of nitrogens with zero attached hydrogens (tertiary/aromatic N) is 1. The number of hydrogen-bond acceptors (Lipinski definition) is 3. The molecule has 104 valence electrons. The van der Waals surface area contributed by atoms with Crippen molar-refractivity contribution in [1.82, 2.24) is 4.90 Å². The third kappa shape index (κ3) is 3.13. The van der Waals surface area contributed by atoms with Gasteiger partial charge in [0, 0.05) is 5.56 Å². The highest BCUT2D eigenvalue weighted by atomic mass is 19.1. The molecule has 2 rings (SSSR count). The van der Waals surface area contributed by atoms with Gasteiger partial charge in [-0.1, -0.05) is 6.42 Å². The summed E-state index contributed by atoms with van der Waals surface area (Å²) < 4.78 is 18.8. The zero-order valence-corrected chi connectivity index (χ0v) is 11.5. The van der Waals surface area contributed by atoms with Crippen molar-refractivity contribution >= 4 is 5.78 Å². The van der Waals surface area contributed by atoms with Crippen LogP contribution in [0.4, 0.5) is 4.39 Å². The van der Waals surface area contributed by atoms with E-state index in [2.05, 4.69) is 4.90 Å². The van der Waals surface area contributed by atoms with E-state index in [0.717, 1.165) is 25.9 Å². The van der Waals surface area contributed by atoms with Crippen molar-refractivity contribution in [2.45, 2.75) is 32.2 Å². The van der Waals surface area contributed by atoms with Gasteiger partial charge in [-0.15, -0.1) is 0 Å². The summed E-state index contributed by atoms with van der Waals surface area (Å²) in [5.41, 5.74) is 0.636. The molecule has 1 atom stereocenters. The highest BCUT2D eigenvalue weighted by molar-refractivity contribution is 5.83. The second-order valence-electron chi connectivity index (χ2n) is 5.00. The molecule has 1 aliphatic rings. The zero-order valence-electron chi connectivity index (χ0n) is 11.5. The molecule has 1 saturated heterocycles. The molecule has 0 spiro atoms. The number of ether oxygens (including phenoxy) is 1. The van der Waals surface area contributed by atoms with Gasteiger partial charge in [-0.25, -0.2) is 4.39 Å². The number of carbonyl (C=O) groups excluding carboxylic acids is 1. The molecule has 3 nitrogen and oxygen atoms in total. The molecule has 1 aliphatic heterocycles. The topological polar surface area (TPSA) is 29.5 Å². The lowest BCUT2D eigenvalue weighted by atomic mass is 9.97. The molecule has 0 saturated carbocycles. The van der Waals surface area contributed by atoms with Gasteiger partial charge < -0.3 is 4.74 Å². The van der Waals surface area contributed by atoms with E-state index >= 15 is 0 Å². The van der Waals surface area contributed by atoms with E-state index < -0.39 is 6.04 Å². The molecule has 1 unspecified atom stereocenters. The summed E-state index contributed by atoms with van der Waals surface area (Å²) in [4.78, 5) is 14.1. The lowest BCUT2D eigenvalue weighted by Crippen LogP contribution is -2.37. The summed E-state index contributed by atoms with van der Waals surface area (Å²) in [5, 5.41) is 0. The summed E-state index contributed by atoms with van der Waals surface area (Å²) in [6.45, 7) is 3.32. The van der Waals surface area contributed by atoms with E-state index in [1.807, 2.05) is 0 Å². The van der Waals surface area contributed by atoms with Crippen LogP contribution in [-0.2, 0) is 4.79 Å². The van der Waals surface area contributed by atoms with Crippen molar-refractivity contribution in [3.8, 4) is 5.75 Å². The van der Waals surface area contributed by atoms with Gasteiger partial charge in [0.2, 0.25) is 0 Å². The number of ketones is 1. The number of halogens is 1. The van der Waals surface area contributed by atoms with E-state index in [0.29, 0.717) is 11.3 Å². The van der Waals surface area contributed by atoms with E-state index in [-0.39, 0.29) is 11.6 Å². The Morgan fingerprint density at radius 2 is 2.00 bits per heavy atom. The standard InChI is InChI=1S/C15H20FNO2/c1-11(18)15(17-8-4-3-5-9-17)13-10-12(16)6-7-14(13)19-2/h6-7,10,15H,3-5,8-9H2,1-2H3. The quantitative estimate of drug-likeness (QED) is 0.838. The predicted octanol–water partition coefficient (Wildman–Crippen LogP) is 2.95. The Morgan fingerprint density at radius 1 is 1.32 bits per heavy atom. The van der Waals surface area contributed by atoms with Crippen LogP contribution in [0, 0.1) is 5.82 Å². The molecule has 1 aromatic carbocycles. The van der Waals surface area contributed by atoms with Gasteiger partial charge in [-0.05, 0) is 51.1 Å². The minimum absolute atomic E-state index is 0.0331. The number of methoxy groups -OCH3 is 1. The molecular formula is C15H20FNO2. The van der Waals surface area contributed by atoms with Crippen LogP contribution in [0.15, 0.2) is 18.2 Å². The molecule has 0 N–H and O–H groups in total. The van der Waals surface area contributed by atoms with Crippen molar-refractivity contribution < 1.29 is 13.9 Å². The van der Waals surface area contributed by atoms with Crippen LogP contribution in [-0.4, -0.2) is 30.9 Å². The summed E-state index contributed by atoms with van der Waals surface area (Å²) in [6.07, 6.45) is 3.37. The first-order chi connectivity index (χ1) is 9.13. The number of benzene rings is 1. The number of piperidine rings is 1. The van der Waals surface area contributed by atoms with Crippen LogP contribution in [0.25, 0.3) is 0 Å². The number of carbonyl (C=O) groups is 1. The Balaban J connectivity index is 2.37. The zero-order chi connectivity index (χ0) is 13.8. The van der Waals surface area contributed by atoms with E-state index in [9.17, 15) is 9.18 Å². The Kier molecular flexibility index (Phi) is 4.53. The first-order valence-electron chi connectivity index (χ1n) is 6.71. The highest BCUT2D eigenvalue weighted by Crippen LogP contribution is 2.32. The van der Waals surface area contributed by atoms with Crippen LogP contribution in [0.2, 0.25) is 0 Å². The third-order valence-electron chi connectivity index (χ3n) is 3.63. The predicted molar refractivity (Wildman–Crippen MR) is 71.8 cm³/mol. The fourth-order valence-electron chi connectivity index (χ4n) is 2.77.